The van der Waals surface area contributed by atoms with Gasteiger partial charge in [0.1, 0.15) is 6.61 Å². The number of ether oxygens (including phenoxy) is 1. The van der Waals surface area contributed by atoms with Gasteiger partial charge in [-0.2, -0.15) is 0 Å². The summed E-state index contributed by atoms with van der Waals surface area (Å²) in [5.74, 6) is 0.608. The number of carbonyl (C=O) groups is 1. The maximum absolute atomic E-state index is 11.6. The molecule has 31 heavy (non-hydrogen) atoms. The van der Waals surface area contributed by atoms with Gasteiger partial charge in [0, 0.05) is 25.7 Å². The van der Waals surface area contributed by atoms with Gasteiger partial charge < -0.3 is 15.4 Å². The minimum Gasteiger partial charge on any atom is -0.473 e. The third-order valence-corrected chi connectivity index (χ3v) is 5.93. The first-order valence-electron chi connectivity index (χ1n) is 10.8. The van der Waals surface area contributed by atoms with E-state index in [2.05, 4.69) is 65.0 Å². The number of hydrogen-bond acceptors (Lipinski definition) is 4. The monoisotopic (exact) mass is 415 g/mol. The third kappa shape index (κ3) is 5.12. The molecule has 2 heterocycles. The molecule has 0 saturated carbocycles. The van der Waals surface area contributed by atoms with E-state index in [1.807, 2.05) is 24.4 Å². The highest BCUT2D eigenvalue weighted by Crippen LogP contribution is 2.26. The fourth-order valence-corrected chi connectivity index (χ4v) is 4.33. The van der Waals surface area contributed by atoms with Crippen molar-refractivity contribution in [3.8, 4) is 17.0 Å². The molecule has 2 N–H and O–H groups in total. The molecule has 0 radical (unpaired) electrons. The van der Waals surface area contributed by atoms with Crippen LogP contribution >= 0.6 is 0 Å². The number of rotatable bonds is 7. The highest BCUT2D eigenvalue weighted by molar-refractivity contribution is 5.74. The molecule has 1 fully saturated rings. The van der Waals surface area contributed by atoms with Crippen molar-refractivity contribution in [2.75, 3.05) is 13.1 Å². The van der Waals surface area contributed by atoms with E-state index in [1.165, 1.54) is 16.7 Å². The SMILES string of the molecule is CC(=O)N[C@@]1(Cc2ccc(OCc3cccc(-c4ccccc4)c3C)nc2)CCNC1. The van der Waals surface area contributed by atoms with Crippen LogP contribution in [-0.4, -0.2) is 29.5 Å². The number of aromatic nitrogens is 1. The van der Waals surface area contributed by atoms with E-state index in [1.54, 1.807) is 6.92 Å². The molecule has 1 aromatic heterocycles. The van der Waals surface area contributed by atoms with E-state index in [4.69, 9.17) is 4.74 Å². The minimum atomic E-state index is -0.231. The summed E-state index contributed by atoms with van der Waals surface area (Å²) < 4.78 is 5.99. The number of nitrogens with zero attached hydrogens (tertiary/aromatic N) is 1. The average Bonchev–Trinajstić information content (AvgIpc) is 3.22. The Balaban J connectivity index is 1.42. The largest absolute Gasteiger partial charge is 0.473 e. The molecule has 1 atom stereocenters. The predicted octanol–water partition coefficient (Wildman–Crippen LogP) is 4.05. The lowest BCUT2D eigenvalue weighted by atomic mass is 9.90. The average molecular weight is 416 g/mol. The fraction of sp³-hybridized carbons (Fsp3) is 0.308. The second-order valence-corrected chi connectivity index (χ2v) is 8.31. The lowest BCUT2D eigenvalue weighted by Crippen LogP contribution is -2.51. The molecule has 0 unspecified atom stereocenters. The Labute approximate surface area is 183 Å². The summed E-state index contributed by atoms with van der Waals surface area (Å²) in [6.45, 7) is 5.87. The number of hydrogen-bond donors (Lipinski definition) is 2. The van der Waals surface area contributed by atoms with Gasteiger partial charge >= 0.3 is 0 Å². The van der Waals surface area contributed by atoms with Gasteiger partial charge in [0.15, 0.2) is 0 Å². The van der Waals surface area contributed by atoms with Gasteiger partial charge in [-0.3, -0.25) is 4.79 Å². The van der Waals surface area contributed by atoms with E-state index in [9.17, 15) is 4.79 Å². The maximum atomic E-state index is 11.6. The molecular weight excluding hydrogens is 386 g/mol. The first-order valence-corrected chi connectivity index (χ1v) is 10.8. The van der Waals surface area contributed by atoms with Gasteiger partial charge in [-0.15, -0.1) is 0 Å². The van der Waals surface area contributed by atoms with Crippen LogP contribution in [0.2, 0.25) is 0 Å². The number of benzene rings is 2. The van der Waals surface area contributed by atoms with Crippen molar-refractivity contribution in [3.63, 3.8) is 0 Å². The second kappa shape index (κ2) is 9.31. The van der Waals surface area contributed by atoms with Crippen LogP contribution in [-0.2, 0) is 17.8 Å². The van der Waals surface area contributed by atoms with Crippen molar-refractivity contribution < 1.29 is 9.53 Å². The Bertz CT molecular complexity index is 1030. The zero-order valence-electron chi connectivity index (χ0n) is 18.2. The van der Waals surface area contributed by atoms with Crippen LogP contribution < -0.4 is 15.4 Å². The minimum absolute atomic E-state index is 0.00437. The van der Waals surface area contributed by atoms with Crippen molar-refractivity contribution >= 4 is 5.91 Å². The molecule has 4 rings (SSSR count). The Morgan fingerprint density at radius 2 is 1.97 bits per heavy atom. The first-order chi connectivity index (χ1) is 15.0. The van der Waals surface area contributed by atoms with E-state index < -0.39 is 0 Å². The summed E-state index contributed by atoms with van der Waals surface area (Å²) in [6, 6.07) is 20.7. The first kappa shape index (κ1) is 21.1. The lowest BCUT2D eigenvalue weighted by Gasteiger charge is -2.29. The molecule has 0 bridgehead atoms. The topological polar surface area (TPSA) is 63.2 Å². The predicted molar refractivity (Wildman–Crippen MR) is 123 cm³/mol. The van der Waals surface area contributed by atoms with E-state index >= 15 is 0 Å². The molecule has 1 aliphatic heterocycles. The Hall–Kier alpha value is -3.18. The van der Waals surface area contributed by atoms with E-state index in [-0.39, 0.29) is 11.4 Å². The van der Waals surface area contributed by atoms with Crippen LogP contribution in [0.3, 0.4) is 0 Å². The normalized spacial score (nSPS) is 18.0. The highest BCUT2D eigenvalue weighted by Gasteiger charge is 2.34. The summed E-state index contributed by atoms with van der Waals surface area (Å²) in [5.41, 5.74) is 5.65. The molecule has 5 nitrogen and oxygen atoms in total. The molecule has 0 aliphatic carbocycles. The molecule has 160 valence electrons. The van der Waals surface area contributed by atoms with Gasteiger partial charge in [-0.05, 0) is 54.1 Å². The fourth-order valence-electron chi connectivity index (χ4n) is 4.33. The Morgan fingerprint density at radius 3 is 2.65 bits per heavy atom. The second-order valence-electron chi connectivity index (χ2n) is 8.31. The molecule has 3 aromatic rings. The van der Waals surface area contributed by atoms with Gasteiger partial charge in [0.25, 0.3) is 0 Å². The maximum Gasteiger partial charge on any atom is 0.217 e. The van der Waals surface area contributed by atoms with Crippen molar-refractivity contribution in [3.05, 3.63) is 83.6 Å². The van der Waals surface area contributed by atoms with E-state index in [0.29, 0.717) is 12.5 Å². The number of pyridine rings is 1. The Kier molecular flexibility index (Phi) is 6.33. The number of nitrogens with one attached hydrogen (secondary N) is 2. The quantitative estimate of drug-likeness (QED) is 0.611. The smallest absolute Gasteiger partial charge is 0.217 e. The van der Waals surface area contributed by atoms with Crippen LogP contribution in [0, 0.1) is 6.92 Å². The molecule has 1 saturated heterocycles. The van der Waals surface area contributed by atoms with Crippen molar-refractivity contribution in [1.29, 1.82) is 0 Å². The zero-order valence-corrected chi connectivity index (χ0v) is 18.2. The van der Waals surface area contributed by atoms with Crippen molar-refractivity contribution in [1.82, 2.24) is 15.6 Å². The van der Waals surface area contributed by atoms with Crippen LogP contribution in [0.1, 0.15) is 30.0 Å². The summed E-state index contributed by atoms with van der Waals surface area (Å²) in [5, 5.41) is 6.48. The molecule has 5 heteroatoms. The molecule has 1 aliphatic rings. The number of carbonyl (C=O) groups excluding carboxylic acids is 1. The summed E-state index contributed by atoms with van der Waals surface area (Å²) >= 11 is 0. The highest BCUT2D eigenvalue weighted by atomic mass is 16.5. The Morgan fingerprint density at radius 1 is 1.13 bits per heavy atom. The molecule has 0 spiro atoms. The van der Waals surface area contributed by atoms with E-state index in [0.717, 1.165) is 37.1 Å². The zero-order chi connectivity index (χ0) is 21.7. The number of amides is 1. The van der Waals surface area contributed by atoms with Crippen molar-refractivity contribution in [2.45, 2.75) is 38.8 Å². The summed E-state index contributed by atoms with van der Waals surface area (Å²) in [7, 11) is 0. The van der Waals surface area contributed by atoms with Crippen LogP contribution in [0.25, 0.3) is 11.1 Å². The van der Waals surface area contributed by atoms with Crippen LogP contribution in [0.4, 0.5) is 0 Å². The van der Waals surface area contributed by atoms with Gasteiger partial charge in [-0.25, -0.2) is 4.98 Å². The summed E-state index contributed by atoms with van der Waals surface area (Å²) in [6.07, 6.45) is 3.53. The lowest BCUT2D eigenvalue weighted by molar-refractivity contribution is -0.120. The van der Waals surface area contributed by atoms with Gasteiger partial charge in [-0.1, -0.05) is 54.6 Å². The molecule has 1 amide bonds. The third-order valence-electron chi connectivity index (χ3n) is 5.93. The van der Waals surface area contributed by atoms with Gasteiger partial charge in [0.2, 0.25) is 11.8 Å². The summed E-state index contributed by atoms with van der Waals surface area (Å²) in [4.78, 5) is 16.1. The molecular formula is C26H29N3O2. The van der Waals surface area contributed by atoms with Crippen LogP contribution in [0.15, 0.2) is 66.9 Å². The molecule has 2 aromatic carbocycles. The van der Waals surface area contributed by atoms with Crippen molar-refractivity contribution in [2.24, 2.45) is 0 Å². The standard InChI is InChI=1S/C26H29N3O2/c1-19-23(9-6-10-24(19)22-7-4-3-5-8-22)17-31-25-12-11-21(16-28-25)15-26(29-20(2)30)13-14-27-18-26/h3-12,16,27H,13-15,17-18H2,1-2H3,(H,29,30)/t26-/m1/s1. The van der Waals surface area contributed by atoms with Gasteiger partial charge in [0.05, 0.1) is 5.54 Å². The van der Waals surface area contributed by atoms with Crippen LogP contribution in [0.5, 0.6) is 5.88 Å².